The minimum absolute atomic E-state index is 0.525. The third-order valence-corrected chi connectivity index (χ3v) is 3.49. The molecule has 0 bridgehead atoms. The van der Waals surface area contributed by atoms with Gasteiger partial charge in [-0.25, -0.2) is 0 Å². The van der Waals surface area contributed by atoms with Crippen LogP contribution in [0.15, 0.2) is 18.3 Å². The van der Waals surface area contributed by atoms with Crippen molar-refractivity contribution in [1.29, 1.82) is 0 Å². The molecule has 3 heteroatoms. The third kappa shape index (κ3) is 2.35. The van der Waals surface area contributed by atoms with Crippen LogP contribution >= 0.6 is 0 Å². The third-order valence-electron chi connectivity index (χ3n) is 3.49. The van der Waals surface area contributed by atoms with E-state index in [4.69, 9.17) is 5.73 Å². The molecule has 0 spiro atoms. The summed E-state index contributed by atoms with van der Waals surface area (Å²) in [5, 5.41) is 0. The van der Waals surface area contributed by atoms with Gasteiger partial charge in [-0.2, -0.15) is 0 Å². The van der Waals surface area contributed by atoms with Crippen LogP contribution in [-0.2, 0) is 6.54 Å². The van der Waals surface area contributed by atoms with Crippen molar-refractivity contribution >= 4 is 5.69 Å². The van der Waals surface area contributed by atoms with E-state index in [1.807, 2.05) is 12.3 Å². The Labute approximate surface area is 97.7 Å². The number of nitrogens with zero attached hydrogens (tertiary/aromatic N) is 2. The van der Waals surface area contributed by atoms with Crippen molar-refractivity contribution in [3.05, 3.63) is 24.0 Å². The molecule has 0 saturated heterocycles. The van der Waals surface area contributed by atoms with E-state index in [0.29, 0.717) is 6.54 Å². The van der Waals surface area contributed by atoms with E-state index < -0.39 is 0 Å². The van der Waals surface area contributed by atoms with Gasteiger partial charge in [-0.05, 0) is 37.8 Å². The fourth-order valence-electron chi connectivity index (χ4n) is 2.26. The van der Waals surface area contributed by atoms with Gasteiger partial charge in [0.15, 0.2) is 0 Å². The van der Waals surface area contributed by atoms with Gasteiger partial charge in [0.1, 0.15) is 0 Å². The summed E-state index contributed by atoms with van der Waals surface area (Å²) in [6.45, 7) is 4.92. The first-order chi connectivity index (χ1) is 7.85. The maximum atomic E-state index is 5.73. The molecule has 0 radical (unpaired) electrons. The van der Waals surface area contributed by atoms with Crippen molar-refractivity contribution in [3.8, 4) is 0 Å². The van der Waals surface area contributed by atoms with Crippen LogP contribution in [0.3, 0.4) is 0 Å². The van der Waals surface area contributed by atoms with Crippen molar-refractivity contribution in [2.75, 3.05) is 18.0 Å². The Morgan fingerprint density at radius 1 is 1.50 bits per heavy atom. The summed E-state index contributed by atoms with van der Waals surface area (Å²) in [6.07, 6.45) is 5.99. The largest absolute Gasteiger partial charge is 0.370 e. The van der Waals surface area contributed by atoms with Crippen LogP contribution in [0, 0.1) is 5.92 Å². The van der Waals surface area contributed by atoms with E-state index in [2.05, 4.69) is 22.9 Å². The van der Waals surface area contributed by atoms with E-state index in [9.17, 15) is 0 Å². The van der Waals surface area contributed by atoms with Gasteiger partial charge < -0.3 is 10.6 Å². The second-order valence-corrected chi connectivity index (χ2v) is 4.51. The van der Waals surface area contributed by atoms with Gasteiger partial charge >= 0.3 is 0 Å². The number of hydrogen-bond donors (Lipinski definition) is 1. The Hall–Kier alpha value is -1.09. The molecule has 1 fully saturated rings. The zero-order valence-electron chi connectivity index (χ0n) is 10.0. The molecule has 2 N–H and O–H groups in total. The molecule has 1 aromatic heterocycles. The molecule has 16 heavy (non-hydrogen) atoms. The van der Waals surface area contributed by atoms with Crippen molar-refractivity contribution in [3.63, 3.8) is 0 Å². The average Bonchev–Trinajstić information content (AvgIpc) is 2.28. The molecule has 1 aliphatic carbocycles. The molecule has 1 aliphatic rings. The molecule has 0 aliphatic heterocycles. The number of anilines is 1. The molecular weight excluding hydrogens is 198 g/mol. The van der Waals surface area contributed by atoms with Crippen LogP contribution in [0.1, 0.15) is 31.9 Å². The minimum Gasteiger partial charge on any atom is -0.370 e. The van der Waals surface area contributed by atoms with E-state index in [1.165, 1.54) is 24.9 Å². The molecule has 3 nitrogen and oxygen atoms in total. The van der Waals surface area contributed by atoms with Gasteiger partial charge in [0.05, 0.1) is 11.4 Å². The van der Waals surface area contributed by atoms with Crippen molar-refractivity contribution < 1.29 is 0 Å². The lowest BCUT2D eigenvalue weighted by Crippen LogP contribution is -2.33. The highest BCUT2D eigenvalue weighted by Crippen LogP contribution is 2.29. The lowest BCUT2D eigenvalue weighted by atomic mass is 9.85. The van der Waals surface area contributed by atoms with Crippen molar-refractivity contribution in [2.24, 2.45) is 11.7 Å². The summed E-state index contributed by atoms with van der Waals surface area (Å²) in [6, 6.07) is 4.13. The van der Waals surface area contributed by atoms with Crippen LogP contribution in [0.25, 0.3) is 0 Å². The van der Waals surface area contributed by atoms with E-state index in [0.717, 1.165) is 24.7 Å². The SMILES string of the molecule is CCN(CC1CCC1)c1cccnc1CN. The summed E-state index contributed by atoms with van der Waals surface area (Å²) in [4.78, 5) is 6.77. The molecule has 1 aromatic rings. The maximum absolute atomic E-state index is 5.73. The molecule has 88 valence electrons. The van der Waals surface area contributed by atoms with Gasteiger partial charge in [-0.3, -0.25) is 4.98 Å². The number of aromatic nitrogens is 1. The zero-order valence-corrected chi connectivity index (χ0v) is 10.0. The normalized spacial score (nSPS) is 15.9. The first-order valence-electron chi connectivity index (χ1n) is 6.24. The number of rotatable bonds is 5. The van der Waals surface area contributed by atoms with Crippen LogP contribution in [0.4, 0.5) is 5.69 Å². The van der Waals surface area contributed by atoms with Gasteiger partial charge in [-0.15, -0.1) is 0 Å². The van der Waals surface area contributed by atoms with Gasteiger partial charge in [-0.1, -0.05) is 6.42 Å². The Kier molecular flexibility index (Phi) is 3.78. The van der Waals surface area contributed by atoms with Gasteiger partial charge in [0, 0.05) is 25.8 Å². The first kappa shape index (κ1) is 11.4. The molecule has 1 heterocycles. The zero-order chi connectivity index (χ0) is 11.4. The molecule has 0 unspecified atom stereocenters. The average molecular weight is 219 g/mol. The highest BCUT2D eigenvalue weighted by Gasteiger charge is 2.21. The number of nitrogens with two attached hydrogens (primary N) is 1. The summed E-state index contributed by atoms with van der Waals surface area (Å²) in [5.41, 5.74) is 7.97. The van der Waals surface area contributed by atoms with Crippen LogP contribution in [-0.4, -0.2) is 18.1 Å². The smallest absolute Gasteiger partial charge is 0.0772 e. The monoisotopic (exact) mass is 219 g/mol. The second kappa shape index (κ2) is 5.30. The predicted octanol–water partition coefficient (Wildman–Crippen LogP) is 2.17. The molecule has 1 saturated carbocycles. The summed E-state index contributed by atoms with van der Waals surface area (Å²) in [5.74, 6) is 0.880. The summed E-state index contributed by atoms with van der Waals surface area (Å²) in [7, 11) is 0. The first-order valence-corrected chi connectivity index (χ1v) is 6.24. The van der Waals surface area contributed by atoms with Gasteiger partial charge in [0.25, 0.3) is 0 Å². The van der Waals surface area contributed by atoms with Gasteiger partial charge in [0.2, 0.25) is 0 Å². The van der Waals surface area contributed by atoms with Crippen LogP contribution in [0.2, 0.25) is 0 Å². The van der Waals surface area contributed by atoms with Crippen LogP contribution in [0.5, 0.6) is 0 Å². The molecule has 2 rings (SSSR count). The van der Waals surface area contributed by atoms with E-state index in [-0.39, 0.29) is 0 Å². The van der Waals surface area contributed by atoms with Crippen LogP contribution < -0.4 is 10.6 Å². The Morgan fingerprint density at radius 3 is 2.88 bits per heavy atom. The van der Waals surface area contributed by atoms with E-state index in [1.54, 1.807) is 0 Å². The summed E-state index contributed by atoms with van der Waals surface area (Å²) >= 11 is 0. The molecule has 0 aromatic carbocycles. The van der Waals surface area contributed by atoms with Crippen molar-refractivity contribution in [1.82, 2.24) is 4.98 Å². The fraction of sp³-hybridized carbons (Fsp3) is 0.615. The second-order valence-electron chi connectivity index (χ2n) is 4.51. The Balaban J connectivity index is 2.11. The standard InChI is InChI=1S/C13H21N3/c1-2-16(10-11-5-3-6-11)13-7-4-8-15-12(13)9-14/h4,7-8,11H,2-3,5-6,9-10,14H2,1H3. The van der Waals surface area contributed by atoms with E-state index >= 15 is 0 Å². The lowest BCUT2D eigenvalue weighted by Gasteiger charge is -2.33. The maximum Gasteiger partial charge on any atom is 0.0772 e. The van der Waals surface area contributed by atoms with Crippen molar-refractivity contribution in [2.45, 2.75) is 32.7 Å². The minimum atomic E-state index is 0.525. The molecule has 0 atom stereocenters. The highest BCUT2D eigenvalue weighted by atomic mass is 15.1. The quantitative estimate of drug-likeness (QED) is 0.825. The topological polar surface area (TPSA) is 42.2 Å². The Bertz CT molecular complexity index is 334. The Morgan fingerprint density at radius 2 is 2.31 bits per heavy atom. The molecular formula is C13H21N3. The fourth-order valence-corrected chi connectivity index (χ4v) is 2.26. The lowest BCUT2D eigenvalue weighted by molar-refractivity contribution is 0.318. The predicted molar refractivity (Wildman–Crippen MR) is 67.4 cm³/mol. The number of hydrogen-bond acceptors (Lipinski definition) is 3. The highest BCUT2D eigenvalue weighted by molar-refractivity contribution is 5.50. The summed E-state index contributed by atoms with van der Waals surface area (Å²) < 4.78 is 0. The molecule has 0 amide bonds. The number of pyridine rings is 1.